The zero-order chi connectivity index (χ0) is 24.0. The monoisotopic (exact) mass is 469 g/mol. The number of aromatic nitrogens is 2. The van der Waals surface area contributed by atoms with Gasteiger partial charge in [-0.05, 0) is 75.1 Å². The standard InChI is InChI=1S/C26H29ClFN3O2/c1-18-16-31(17-29-18)23-11-10-19(14-24(23)33-4)13-20(7-6-12-27)25(32)30-26(2,3)21-8-5-9-22(28)15-21/h5,8-11,13-17H,6-7,12H2,1-4H3,(H,30,32)/b20-13+. The Kier molecular flexibility index (Phi) is 7.92. The highest BCUT2D eigenvalue weighted by Gasteiger charge is 2.25. The SMILES string of the molecule is COc1cc(/C=C(\CCCCl)C(=O)NC(C)(C)c2cccc(F)c2)ccc1-n1cnc(C)c1. The van der Waals surface area contributed by atoms with E-state index in [2.05, 4.69) is 10.3 Å². The van der Waals surface area contributed by atoms with E-state index in [9.17, 15) is 9.18 Å². The van der Waals surface area contributed by atoms with Crippen molar-refractivity contribution in [3.8, 4) is 11.4 Å². The first kappa shape index (κ1) is 24.5. The second-order valence-electron chi connectivity index (χ2n) is 8.41. The third-order valence-electron chi connectivity index (χ3n) is 5.38. The lowest BCUT2D eigenvalue weighted by molar-refractivity contribution is -0.119. The molecule has 5 nitrogen and oxygen atoms in total. The average molecular weight is 470 g/mol. The van der Waals surface area contributed by atoms with Crippen LogP contribution in [0.4, 0.5) is 4.39 Å². The first-order valence-electron chi connectivity index (χ1n) is 10.8. The van der Waals surface area contributed by atoms with Crippen molar-refractivity contribution in [2.75, 3.05) is 13.0 Å². The maximum absolute atomic E-state index is 13.7. The molecule has 174 valence electrons. The molecule has 0 aliphatic heterocycles. The molecule has 33 heavy (non-hydrogen) atoms. The molecule has 1 aromatic heterocycles. The molecule has 1 heterocycles. The Hall–Kier alpha value is -3.12. The van der Waals surface area contributed by atoms with E-state index in [1.165, 1.54) is 12.1 Å². The number of benzene rings is 2. The van der Waals surface area contributed by atoms with Crippen molar-refractivity contribution < 1.29 is 13.9 Å². The number of hydrogen-bond donors (Lipinski definition) is 1. The number of hydrogen-bond acceptors (Lipinski definition) is 3. The average Bonchev–Trinajstić information content (AvgIpc) is 3.22. The van der Waals surface area contributed by atoms with Gasteiger partial charge >= 0.3 is 0 Å². The minimum atomic E-state index is -0.750. The fraction of sp³-hybridized carbons (Fsp3) is 0.308. The Bertz CT molecular complexity index is 1150. The molecule has 0 aliphatic rings. The number of carbonyl (C=O) groups excluding carboxylic acids is 1. The lowest BCUT2D eigenvalue weighted by Gasteiger charge is -2.27. The van der Waals surface area contributed by atoms with Crippen LogP contribution in [0.2, 0.25) is 0 Å². The highest BCUT2D eigenvalue weighted by Crippen LogP contribution is 2.27. The van der Waals surface area contributed by atoms with Gasteiger partial charge in [-0.2, -0.15) is 0 Å². The van der Waals surface area contributed by atoms with Gasteiger partial charge in [0.1, 0.15) is 11.6 Å². The van der Waals surface area contributed by atoms with E-state index in [1.807, 2.05) is 55.8 Å². The molecule has 0 unspecified atom stereocenters. The molecule has 0 aliphatic carbocycles. The summed E-state index contributed by atoms with van der Waals surface area (Å²) in [5.74, 6) is 0.550. The van der Waals surface area contributed by atoms with Crippen LogP contribution < -0.4 is 10.1 Å². The molecule has 3 aromatic rings. The van der Waals surface area contributed by atoms with E-state index in [-0.39, 0.29) is 11.7 Å². The number of halogens is 2. The molecule has 7 heteroatoms. The third-order valence-corrected chi connectivity index (χ3v) is 5.65. The Morgan fingerprint density at radius 2 is 2.06 bits per heavy atom. The lowest BCUT2D eigenvalue weighted by Crippen LogP contribution is -2.41. The third kappa shape index (κ3) is 6.23. The van der Waals surface area contributed by atoms with Crippen LogP contribution in [-0.4, -0.2) is 28.4 Å². The van der Waals surface area contributed by atoms with E-state index >= 15 is 0 Å². The van der Waals surface area contributed by atoms with E-state index in [0.29, 0.717) is 35.6 Å². The molecular formula is C26H29ClFN3O2. The number of nitrogens with one attached hydrogen (secondary N) is 1. The van der Waals surface area contributed by atoms with E-state index in [1.54, 1.807) is 25.6 Å². The predicted octanol–water partition coefficient (Wildman–Crippen LogP) is 5.78. The summed E-state index contributed by atoms with van der Waals surface area (Å²) in [7, 11) is 1.61. The van der Waals surface area contributed by atoms with E-state index in [0.717, 1.165) is 16.9 Å². The summed E-state index contributed by atoms with van der Waals surface area (Å²) in [5.41, 5.74) is 3.12. The van der Waals surface area contributed by atoms with Crippen LogP contribution in [0, 0.1) is 12.7 Å². The number of amides is 1. The molecule has 3 rings (SSSR count). The quantitative estimate of drug-likeness (QED) is 0.319. The highest BCUT2D eigenvalue weighted by atomic mass is 35.5. The molecule has 0 saturated heterocycles. The van der Waals surface area contributed by atoms with Gasteiger partial charge in [-0.3, -0.25) is 4.79 Å². The summed E-state index contributed by atoms with van der Waals surface area (Å²) in [5, 5.41) is 3.04. The van der Waals surface area contributed by atoms with Crippen molar-refractivity contribution >= 4 is 23.6 Å². The fourth-order valence-corrected chi connectivity index (χ4v) is 3.71. The number of imidazole rings is 1. The second-order valence-corrected chi connectivity index (χ2v) is 8.78. The van der Waals surface area contributed by atoms with Crippen LogP contribution in [0.15, 0.2) is 60.6 Å². The number of rotatable bonds is 9. The molecular weight excluding hydrogens is 441 g/mol. The first-order chi connectivity index (χ1) is 15.7. The zero-order valence-electron chi connectivity index (χ0n) is 19.4. The highest BCUT2D eigenvalue weighted by molar-refractivity contribution is 6.17. The van der Waals surface area contributed by atoms with Gasteiger partial charge < -0.3 is 14.6 Å². The van der Waals surface area contributed by atoms with E-state index in [4.69, 9.17) is 16.3 Å². The van der Waals surface area contributed by atoms with Crippen molar-refractivity contribution in [1.29, 1.82) is 0 Å². The van der Waals surface area contributed by atoms with E-state index < -0.39 is 5.54 Å². The molecule has 0 atom stereocenters. The number of ether oxygens (including phenoxy) is 1. The molecule has 0 saturated carbocycles. The van der Waals surface area contributed by atoms with Crippen LogP contribution in [0.5, 0.6) is 5.75 Å². The van der Waals surface area contributed by atoms with Crippen molar-refractivity contribution in [2.45, 2.75) is 39.2 Å². The lowest BCUT2D eigenvalue weighted by atomic mass is 9.93. The molecule has 0 radical (unpaired) electrons. The van der Waals surface area contributed by atoms with Gasteiger partial charge in [-0.15, -0.1) is 11.6 Å². The predicted molar refractivity (Wildman–Crippen MR) is 130 cm³/mol. The van der Waals surface area contributed by atoms with Crippen molar-refractivity contribution in [1.82, 2.24) is 14.9 Å². The molecule has 0 bridgehead atoms. The van der Waals surface area contributed by atoms with Crippen LogP contribution >= 0.6 is 11.6 Å². The van der Waals surface area contributed by atoms with Crippen LogP contribution in [0.1, 0.15) is 43.5 Å². The van der Waals surface area contributed by atoms with Gasteiger partial charge in [0.05, 0.1) is 30.4 Å². The van der Waals surface area contributed by atoms with Crippen molar-refractivity contribution in [3.63, 3.8) is 0 Å². The van der Waals surface area contributed by atoms with Gasteiger partial charge in [0.2, 0.25) is 5.91 Å². The molecule has 1 amide bonds. The zero-order valence-corrected chi connectivity index (χ0v) is 20.1. The summed E-state index contributed by atoms with van der Waals surface area (Å²) in [6.45, 7) is 5.63. The van der Waals surface area contributed by atoms with Gasteiger partial charge in [0.25, 0.3) is 0 Å². The van der Waals surface area contributed by atoms with Crippen molar-refractivity contribution in [2.24, 2.45) is 0 Å². The normalized spacial score (nSPS) is 12.0. The number of methoxy groups -OCH3 is 1. The van der Waals surface area contributed by atoms with Gasteiger partial charge in [-0.25, -0.2) is 9.37 Å². The Balaban J connectivity index is 1.90. The molecule has 0 spiro atoms. The fourth-order valence-electron chi connectivity index (χ4n) is 3.57. The number of alkyl halides is 1. The van der Waals surface area contributed by atoms with Crippen LogP contribution in [-0.2, 0) is 10.3 Å². The smallest absolute Gasteiger partial charge is 0.247 e. The van der Waals surface area contributed by atoms with Crippen LogP contribution in [0.25, 0.3) is 11.8 Å². The Morgan fingerprint density at radius 3 is 2.70 bits per heavy atom. The minimum absolute atomic E-state index is 0.220. The molecule has 1 N–H and O–H groups in total. The van der Waals surface area contributed by atoms with Gasteiger partial charge in [-0.1, -0.05) is 18.2 Å². The topological polar surface area (TPSA) is 56.1 Å². The Morgan fingerprint density at radius 1 is 1.27 bits per heavy atom. The largest absolute Gasteiger partial charge is 0.495 e. The summed E-state index contributed by atoms with van der Waals surface area (Å²) in [6, 6.07) is 12.0. The second kappa shape index (κ2) is 10.7. The minimum Gasteiger partial charge on any atom is -0.495 e. The van der Waals surface area contributed by atoms with Gasteiger partial charge in [0.15, 0.2) is 0 Å². The summed E-state index contributed by atoms with van der Waals surface area (Å²) >= 11 is 5.91. The summed E-state index contributed by atoms with van der Waals surface area (Å²) in [6.07, 6.45) is 6.66. The van der Waals surface area contributed by atoms with Gasteiger partial charge in [0, 0.05) is 17.6 Å². The first-order valence-corrected chi connectivity index (χ1v) is 11.3. The molecule has 2 aromatic carbocycles. The molecule has 0 fully saturated rings. The maximum Gasteiger partial charge on any atom is 0.247 e. The summed E-state index contributed by atoms with van der Waals surface area (Å²) < 4.78 is 21.2. The van der Waals surface area contributed by atoms with Crippen molar-refractivity contribution in [3.05, 3.63) is 83.2 Å². The number of aryl methyl sites for hydroxylation is 1. The maximum atomic E-state index is 13.7. The Labute approximate surface area is 199 Å². The number of carbonyl (C=O) groups is 1. The summed E-state index contributed by atoms with van der Waals surface area (Å²) in [4.78, 5) is 17.5. The van der Waals surface area contributed by atoms with Crippen LogP contribution in [0.3, 0.4) is 0 Å². The number of nitrogens with zero attached hydrogens (tertiary/aromatic N) is 2.